The Bertz CT molecular complexity index is 74.1. The van der Waals surface area contributed by atoms with Crippen molar-refractivity contribution >= 4 is 0 Å². The van der Waals surface area contributed by atoms with Crippen LogP contribution in [0.25, 0.3) is 0 Å². The van der Waals surface area contributed by atoms with E-state index < -0.39 is 0 Å². The second-order valence-electron chi connectivity index (χ2n) is 1.88. The predicted molar refractivity (Wildman–Crippen MR) is 26.5 cm³/mol. The Morgan fingerprint density at radius 1 is 1.57 bits per heavy atom. The van der Waals surface area contributed by atoms with Gasteiger partial charge in [0, 0.05) is 0 Å². The summed E-state index contributed by atoms with van der Waals surface area (Å²) in [6.07, 6.45) is 0.134. The molecule has 0 radical (unpaired) electrons. The maximum atomic E-state index is 5.24. The third-order valence-electron chi connectivity index (χ3n) is 1.14. The van der Waals surface area contributed by atoms with Gasteiger partial charge in [-0.25, -0.2) is 0 Å². The summed E-state index contributed by atoms with van der Waals surface area (Å²) < 4.78 is 4.93. The maximum absolute atomic E-state index is 5.24. The molecule has 2 atom stereocenters. The molecular formula is C4H10N2O. The zero-order chi connectivity index (χ0) is 5.44. The Hall–Kier alpha value is -0.120. The van der Waals surface area contributed by atoms with Crippen LogP contribution in [-0.4, -0.2) is 18.4 Å². The standard InChI is InChI=1S/C4H10N2O/c1-2-3(7-2)4(5)6/h2-4H,5-6H2,1H3. The van der Waals surface area contributed by atoms with Crippen LogP contribution < -0.4 is 11.5 Å². The van der Waals surface area contributed by atoms with E-state index in [0.29, 0.717) is 6.10 Å². The Morgan fingerprint density at radius 3 is 2.00 bits per heavy atom. The van der Waals surface area contributed by atoms with Gasteiger partial charge in [-0.15, -0.1) is 0 Å². The van der Waals surface area contributed by atoms with E-state index in [0.717, 1.165) is 0 Å². The monoisotopic (exact) mass is 102 g/mol. The van der Waals surface area contributed by atoms with E-state index >= 15 is 0 Å². The molecule has 1 saturated heterocycles. The molecule has 1 aliphatic heterocycles. The highest BCUT2D eigenvalue weighted by molar-refractivity contribution is 4.86. The molecule has 1 rings (SSSR count). The Labute approximate surface area is 42.6 Å². The molecule has 0 bridgehead atoms. The van der Waals surface area contributed by atoms with Gasteiger partial charge in [0.15, 0.2) is 0 Å². The highest BCUT2D eigenvalue weighted by Crippen LogP contribution is 2.20. The number of epoxide rings is 1. The molecule has 0 aliphatic carbocycles. The van der Waals surface area contributed by atoms with E-state index in [2.05, 4.69) is 0 Å². The lowest BCUT2D eigenvalue weighted by Crippen LogP contribution is -2.36. The van der Waals surface area contributed by atoms with Gasteiger partial charge in [-0.05, 0) is 6.92 Å². The quantitative estimate of drug-likeness (QED) is 0.330. The molecular weight excluding hydrogens is 92.1 g/mol. The zero-order valence-corrected chi connectivity index (χ0v) is 4.29. The number of hydrogen-bond acceptors (Lipinski definition) is 3. The highest BCUT2D eigenvalue weighted by Gasteiger charge is 2.37. The minimum atomic E-state index is -0.282. The van der Waals surface area contributed by atoms with Crippen molar-refractivity contribution in [2.45, 2.75) is 25.3 Å². The average molecular weight is 102 g/mol. The second-order valence-corrected chi connectivity index (χ2v) is 1.88. The Balaban J connectivity index is 2.20. The summed E-state index contributed by atoms with van der Waals surface area (Å²) in [6.45, 7) is 1.96. The summed E-state index contributed by atoms with van der Waals surface area (Å²) in [4.78, 5) is 0. The van der Waals surface area contributed by atoms with Crippen LogP contribution in [0, 0.1) is 0 Å². The third-order valence-corrected chi connectivity index (χ3v) is 1.14. The largest absolute Gasteiger partial charge is 0.367 e. The first-order valence-electron chi connectivity index (χ1n) is 2.38. The summed E-state index contributed by atoms with van der Waals surface area (Å²) in [7, 11) is 0. The molecule has 0 saturated carbocycles. The first-order valence-corrected chi connectivity index (χ1v) is 2.38. The molecule has 4 N–H and O–H groups in total. The lowest BCUT2D eigenvalue weighted by Gasteiger charge is -1.94. The van der Waals surface area contributed by atoms with Gasteiger partial charge in [-0.2, -0.15) is 0 Å². The van der Waals surface area contributed by atoms with Crippen molar-refractivity contribution in [1.29, 1.82) is 0 Å². The van der Waals surface area contributed by atoms with Crippen molar-refractivity contribution in [3.8, 4) is 0 Å². The Kier molecular flexibility index (Phi) is 1.03. The lowest BCUT2D eigenvalue weighted by atomic mass is 10.3. The normalized spacial score (nSPS) is 39.4. The molecule has 0 aromatic rings. The van der Waals surface area contributed by atoms with Crippen molar-refractivity contribution in [1.82, 2.24) is 0 Å². The van der Waals surface area contributed by atoms with Gasteiger partial charge in [0.25, 0.3) is 0 Å². The van der Waals surface area contributed by atoms with Crippen LogP contribution in [0.15, 0.2) is 0 Å². The van der Waals surface area contributed by atoms with E-state index in [9.17, 15) is 0 Å². The van der Waals surface area contributed by atoms with Gasteiger partial charge >= 0.3 is 0 Å². The van der Waals surface area contributed by atoms with Crippen molar-refractivity contribution in [3.63, 3.8) is 0 Å². The molecule has 0 aromatic carbocycles. The molecule has 0 amide bonds. The third kappa shape index (κ3) is 0.907. The number of nitrogens with two attached hydrogens (primary N) is 2. The first kappa shape index (κ1) is 5.03. The van der Waals surface area contributed by atoms with E-state index in [-0.39, 0.29) is 12.3 Å². The predicted octanol–water partition coefficient (Wildman–Crippen LogP) is -0.983. The van der Waals surface area contributed by atoms with E-state index in [4.69, 9.17) is 16.2 Å². The fourth-order valence-corrected chi connectivity index (χ4v) is 0.606. The summed E-state index contributed by atoms with van der Waals surface area (Å²) in [6, 6.07) is 0. The van der Waals surface area contributed by atoms with E-state index in [1.54, 1.807) is 0 Å². The van der Waals surface area contributed by atoms with Gasteiger partial charge < -0.3 is 16.2 Å². The zero-order valence-electron chi connectivity index (χ0n) is 4.29. The molecule has 1 aliphatic rings. The van der Waals surface area contributed by atoms with E-state index in [1.807, 2.05) is 6.92 Å². The molecule has 7 heavy (non-hydrogen) atoms. The van der Waals surface area contributed by atoms with Gasteiger partial charge in [-0.3, -0.25) is 0 Å². The lowest BCUT2D eigenvalue weighted by molar-refractivity contribution is 0.355. The Morgan fingerprint density at radius 2 is 2.00 bits per heavy atom. The highest BCUT2D eigenvalue weighted by atomic mass is 16.6. The van der Waals surface area contributed by atoms with Crippen molar-refractivity contribution < 1.29 is 4.74 Å². The summed E-state index contributed by atoms with van der Waals surface area (Å²) in [5, 5.41) is 0. The molecule has 1 fully saturated rings. The van der Waals surface area contributed by atoms with Crippen LogP contribution >= 0.6 is 0 Å². The number of rotatable bonds is 1. The smallest absolute Gasteiger partial charge is 0.112 e. The van der Waals surface area contributed by atoms with Gasteiger partial charge in [-0.1, -0.05) is 0 Å². The molecule has 3 heteroatoms. The fraction of sp³-hybridized carbons (Fsp3) is 1.00. The van der Waals surface area contributed by atoms with Gasteiger partial charge in [0.1, 0.15) is 6.10 Å². The van der Waals surface area contributed by atoms with Crippen LogP contribution in [-0.2, 0) is 4.74 Å². The molecule has 0 spiro atoms. The van der Waals surface area contributed by atoms with E-state index in [1.165, 1.54) is 0 Å². The summed E-state index contributed by atoms with van der Waals surface area (Å²) >= 11 is 0. The van der Waals surface area contributed by atoms with Crippen molar-refractivity contribution in [2.24, 2.45) is 11.5 Å². The van der Waals surface area contributed by atoms with Crippen LogP contribution in [0.1, 0.15) is 6.92 Å². The first-order chi connectivity index (χ1) is 3.22. The SMILES string of the molecule is CC1OC1C(N)N. The molecule has 2 unspecified atom stereocenters. The van der Waals surface area contributed by atoms with Gasteiger partial charge in [0.2, 0.25) is 0 Å². The fourth-order valence-electron chi connectivity index (χ4n) is 0.606. The minimum Gasteiger partial charge on any atom is -0.367 e. The number of ether oxygens (including phenoxy) is 1. The van der Waals surface area contributed by atoms with Crippen LogP contribution in [0.3, 0.4) is 0 Å². The second kappa shape index (κ2) is 1.43. The molecule has 42 valence electrons. The van der Waals surface area contributed by atoms with Crippen LogP contribution in [0.5, 0.6) is 0 Å². The van der Waals surface area contributed by atoms with Crippen molar-refractivity contribution in [2.75, 3.05) is 0 Å². The van der Waals surface area contributed by atoms with Gasteiger partial charge in [0.05, 0.1) is 12.3 Å². The topological polar surface area (TPSA) is 64.6 Å². The van der Waals surface area contributed by atoms with Crippen LogP contribution in [0.4, 0.5) is 0 Å². The number of hydrogen-bond donors (Lipinski definition) is 2. The molecule has 1 heterocycles. The molecule has 3 nitrogen and oxygen atoms in total. The summed E-state index contributed by atoms with van der Waals surface area (Å²) in [5.41, 5.74) is 10.5. The summed E-state index contributed by atoms with van der Waals surface area (Å²) in [5.74, 6) is 0. The molecule has 0 aromatic heterocycles. The van der Waals surface area contributed by atoms with Crippen LogP contribution in [0.2, 0.25) is 0 Å². The maximum Gasteiger partial charge on any atom is 0.112 e. The minimum absolute atomic E-state index is 0.125. The van der Waals surface area contributed by atoms with Crippen molar-refractivity contribution in [3.05, 3.63) is 0 Å². The average Bonchev–Trinajstić information content (AvgIpc) is 2.17.